The van der Waals surface area contributed by atoms with Gasteiger partial charge in [0.25, 0.3) is 0 Å². The molecule has 0 unspecified atom stereocenters. The lowest BCUT2D eigenvalue weighted by Crippen LogP contribution is -2.29. The Morgan fingerprint density at radius 3 is 2.42 bits per heavy atom. The number of rotatable bonds is 7. The molecule has 1 saturated heterocycles. The Labute approximate surface area is 118 Å². The second kappa shape index (κ2) is 8.21. The van der Waals surface area contributed by atoms with E-state index in [1.807, 2.05) is 0 Å². The minimum atomic E-state index is 1.10. The van der Waals surface area contributed by atoms with Crippen LogP contribution >= 0.6 is 0 Å². The van der Waals surface area contributed by atoms with Gasteiger partial charge in [0.15, 0.2) is 0 Å². The Morgan fingerprint density at radius 2 is 1.74 bits per heavy atom. The van der Waals surface area contributed by atoms with Crippen molar-refractivity contribution in [3.05, 3.63) is 29.8 Å². The van der Waals surface area contributed by atoms with Crippen molar-refractivity contribution in [1.82, 2.24) is 4.90 Å². The summed E-state index contributed by atoms with van der Waals surface area (Å²) in [5, 5.41) is 3.50. The van der Waals surface area contributed by atoms with Crippen molar-refractivity contribution in [2.24, 2.45) is 0 Å². The fraction of sp³-hybridized carbons (Fsp3) is 0.647. The maximum absolute atomic E-state index is 3.50. The lowest BCUT2D eigenvalue weighted by Gasteiger charge is -2.26. The molecular weight excluding hydrogens is 232 g/mol. The zero-order valence-electron chi connectivity index (χ0n) is 12.3. The third kappa shape index (κ3) is 5.23. The predicted octanol–water partition coefficient (Wildman–Crippen LogP) is 4.27. The summed E-state index contributed by atoms with van der Waals surface area (Å²) in [5.41, 5.74) is 2.71. The lowest BCUT2D eigenvalue weighted by atomic mass is 10.1. The topological polar surface area (TPSA) is 15.3 Å². The molecule has 1 fully saturated rings. The number of likely N-dealkylation sites (tertiary alicyclic amines) is 1. The molecule has 1 heterocycles. The summed E-state index contributed by atoms with van der Waals surface area (Å²) < 4.78 is 0. The average Bonchev–Trinajstić information content (AvgIpc) is 2.46. The van der Waals surface area contributed by atoms with Crippen LogP contribution in [0.2, 0.25) is 0 Å². The van der Waals surface area contributed by atoms with E-state index in [4.69, 9.17) is 0 Å². The van der Waals surface area contributed by atoms with E-state index in [1.54, 1.807) is 0 Å². The monoisotopic (exact) mass is 260 g/mol. The first-order valence-corrected chi connectivity index (χ1v) is 7.93. The Balaban J connectivity index is 1.74. The Morgan fingerprint density at radius 1 is 1.00 bits per heavy atom. The highest BCUT2D eigenvalue weighted by Crippen LogP contribution is 2.15. The molecule has 0 atom stereocenters. The van der Waals surface area contributed by atoms with Crippen LogP contribution in [0.3, 0.4) is 0 Å². The standard InChI is InChI=1S/C17H28N2/c1-2-3-5-12-18-17-10-8-16(9-11-17)15-19-13-6-4-7-14-19/h8-11,18H,2-7,12-15H2,1H3. The van der Waals surface area contributed by atoms with Crippen LogP contribution < -0.4 is 5.32 Å². The van der Waals surface area contributed by atoms with E-state index in [-0.39, 0.29) is 0 Å². The van der Waals surface area contributed by atoms with Gasteiger partial charge >= 0.3 is 0 Å². The molecule has 2 rings (SSSR count). The maximum Gasteiger partial charge on any atom is 0.0340 e. The Bertz CT molecular complexity index is 339. The summed E-state index contributed by atoms with van der Waals surface area (Å²) in [7, 11) is 0. The largest absolute Gasteiger partial charge is 0.385 e. The quantitative estimate of drug-likeness (QED) is 0.736. The number of hydrogen-bond donors (Lipinski definition) is 1. The van der Waals surface area contributed by atoms with Crippen molar-refractivity contribution in [2.75, 3.05) is 25.0 Å². The van der Waals surface area contributed by atoms with Crippen molar-refractivity contribution < 1.29 is 0 Å². The molecule has 1 aromatic rings. The second-order valence-electron chi connectivity index (χ2n) is 5.67. The van der Waals surface area contributed by atoms with Crippen LogP contribution in [0.4, 0.5) is 5.69 Å². The number of piperidine rings is 1. The summed E-state index contributed by atoms with van der Waals surface area (Å²) in [6, 6.07) is 9.00. The van der Waals surface area contributed by atoms with E-state index in [9.17, 15) is 0 Å². The minimum Gasteiger partial charge on any atom is -0.385 e. The SMILES string of the molecule is CCCCCNc1ccc(CN2CCCCC2)cc1. The van der Waals surface area contributed by atoms with Crippen molar-refractivity contribution in [2.45, 2.75) is 52.0 Å². The van der Waals surface area contributed by atoms with E-state index in [1.165, 1.54) is 62.9 Å². The third-order valence-electron chi connectivity index (χ3n) is 3.92. The summed E-state index contributed by atoms with van der Waals surface area (Å²) in [6.07, 6.45) is 8.04. The molecule has 0 bridgehead atoms. The zero-order chi connectivity index (χ0) is 13.3. The Hall–Kier alpha value is -1.02. The summed E-state index contributed by atoms with van der Waals surface area (Å²) in [6.45, 7) is 7.01. The lowest BCUT2D eigenvalue weighted by molar-refractivity contribution is 0.221. The van der Waals surface area contributed by atoms with Crippen molar-refractivity contribution in [3.63, 3.8) is 0 Å². The van der Waals surface area contributed by atoms with Gasteiger partial charge < -0.3 is 5.32 Å². The van der Waals surface area contributed by atoms with E-state index < -0.39 is 0 Å². The molecule has 0 saturated carbocycles. The number of benzene rings is 1. The van der Waals surface area contributed by atoms with Crippen molar-refractivity contribution in [3.8, 4) is 0 Å². The Kier molecular flexibility index (Phi) is 6.22. The fourth-order valence-corrected chi connectivity index (χ4v) is 2.71. The van der Waals surface area contributed by atoms with Crippen LogP contribution in [0.15, 0.2) is 24.3 Å². The van der Waals surface area contributed by atoms with E-state index in [0.29, 0.717) is 0 Å². The van der Waals surface area contributed by atoms with Crippen LogP contribution in [0.5, 0.6) is 0 Å². The second-order valence-corrected chi connectivity index (χ2v) is 5.67. The molecule has 0 aromatic heterocycles. The molecule has 0 aliphatic carbocycles. The molecule has 2 heteroatoms. The minimum absolute atomic E-state index is 1.10. The van der Waals surface area contributed by atoms with Crippen LogP contribution in [0.1, 0.15) is 51.0 Å². The van der Waals surface area contributed by atoms with Gasteiger partial charge in [0.2, 0.25) is 0 Å². The number of hydrogen-bond acceptors (Lipinski definition) is 2. The molecule has 1 aliphatic rings. The molecule has 1 N–H and O–H groups in total. The average molecular weight is 260 g/mol. The molecule has 1 aromatic carbocycles. The number of anilines is 1. The van der Waals surface area contributed by atoms with Crippen molar-refractivity contribution in [1.29, 1.82) is 0 Å². The van der Waals surface area contributed by atoms with Gasteiger partial charge in [0, 0.05) is 18.8 Å². The first-order chi connectivity index (χ1) is 9.38. The van der Waals surface area contributed by atoms with E-state index >= 15 is 0 Å². The summed E-state index contributed by atoms with van der Waals surface area (Å²) >= 11 is 0. The van der Waals surface area contributed by atoms with Crippen molar-refractivity contribution >= 4 is 5.69 Å². The number of unbranched alkanes of at least 4 members (excludes halogenated alkanes) is 2. The van der Waals surface area contributed by atoms with Gasteiger partial charge in [0.1, 0.15) is 0 Å². The first kappa shape index (κ1) is 14.4. The van der Waals surface area contributed by atoms with Crippen LogP contribution in [0.25, 0.3) is 0 Å². The summed E-state index contributed by atoms with van der Waals surface area (Å²) in [4.78, 5) is 2.58. The highest BCUT2D eigenvalue weighted by Gasteiger charge is 2.09. The summed E-state index contributed by atoms with van der Waals surface area (Å²) in [5.74, 6) is 0. The smallest absolute Gasteiger partial charge is 0.0340 e. The molecule has 0 spiro atoms. The maximum atomic E-state index is 3.50. The van der Waals surface area contributed by atoms with E-state index in [0.717, 1.165) is 13.1 Å². The van der Waals surface area contributed by atoms with Crippen LogP contribution in [0, 0.1) is 0 Å². The molecule has 19 heavy (non-hydrogen) atoms. The molecule has 0 radical (unpaired) electrons. The van der Waals surface area contributed by atoms with Gasteiger partial charge in [-0.2, -0.15) is 0 Å². The van der Waals surface area contributed by atoms with Gasteiger partial charge in [-0.05, 0) is 50.0 Å². The predicted molar refractivity (Wildman–Crippen MR) is 83.6 cm³/mol. The van der Waals surface area contributed by atoms with Gasteiger partial charge in [0.05, 0.1) is 0 Å². The van der Waals surface area contributed by atoms with Gasteiger partial charge in [-0.1, -0.05) is 38.3 Å². The highest BCUT2D eigenvalue weighted by molar-refractivity contribution is 5.44. The third-order valence-corrected chi connectivity index (χ3v) is 3.92. The van der Waals surface area contributed by atoms with E-state index in [2.05, 4.69) is 41.4 Å². The molecule has 2 nitrogen and oxygen atoms in total. The zero-order valence-corrected chi connectivity index (χ0v) is 12.3. The fourth-order valence-electron chi connectivity index (χ4n) is 2.71. The molecular formula is C17H28N2. The highest BCUT2D eigenvalue weighted by atomic mass is 15.1. The molecule has 1 aliphatic heterocycles. The van der Waals surface area contributed by atoms with Gasteiger partial charge in [-0.15, -0.1) is 0 Å². The first-order valence-electron chi connectivity index (χ1n) is 7.93. The molecule has 106 valence electrons. The number of nitrogens with one attached hydrogen (secondary N) is 1. The van der Waals surface area contributed by atoms with Gasteiger partial charge in [-0.25, -0.2) is 0 Å². The van der Waals surface area contributed by atoms with Crippen LogP contribution in [-0.2, 0) is 6.54 Å². The normalized spacial score (nSPS) is 16.5. The molecule has 0 amide bonds. The van der Waals surface area contributed by atoms with Crippen LogP contribution in [-0.4, -0.2) is 24.5 Å². The van der Waals surface area contributed by atoms with Gasteiger partial charge in [-0.3, -0.25) is 4.90 Å². The number of nitrogens with zero attached hydrogens (tertiary/aromatic N) is 1.